The number of hydrogen-bond acceptors (Lipinski definition) is 4. The minimum Gasteiger partial charge on any atom is -0.481 e. The van der Waals surface area contributed by atoms with Gasteiger partial charge in [0.2, 0.25) is 5.91 Å². The zero-order valence-corrected chi connectivity index (χ0v) is 10.6. The van der Waals surface area contributed by atoms with Crippen LogP contribution in [0.4, 0.5) is 0 Å². The van der Waals surface area contributed by atoms with Crippen LogP contribution in [0.1, 0.15) is 6.42 Å². The number of likely N-dealkylation sites (tertiary alicyclic amines) is 1. The second kappa shape index (κ2) is 5.73. The SMILES string of the molecule is O=C(O)C1CC(=O)N(CCN2CCSCC2)C1. The van der Waals surface area contributed by atoms with Crippen molar-refractivity contribution in [1.82, 2.24) is 9.80 Å². The van der Waals surface area contributed by atoms with Gasteiger partial charge in [0.25, 0.3) is 0 Å². The van der Waals surface area contributed by atoms with Crippen molar-refractivity contribution < 1.29 is 14.7 Å². The lowest BCUT2D eigenvalue weighted by Crippen LogP contribution is -2.40. The molecule has 2 aliphatic rings. The molecule has 1 N–H and O–H groups in total. The van der Waals surface area contributed by atoms with Gasteiger partial charge in [-0.15, -0.1) is 0 Å². The van der Waals surface area contributed by atoms with E-state index in [0.29, 0.717) is 13.1 Å². The number of rotatable bonds is 4. The Morgan fingerprint density at radius 1 is 1.35 bits per heavy atom. The van der Waals surface area contributed by atoms with Gasteiger partial charge < -0.3 is 10.0 Å². The first-order valence-electron chi connectivity index (χ1n) is 5.97. The maximum atomic E-state index is 11.6. The Balaban J connectivity index is 1.75. The molecule has 0 radical (unpaired) electrons. The van der Waals surface area contributed by atoms with Crippen molar-refractivity contribution in [2.75, 3.05) is 44.2 Å². The summed E-state index contributed by atoms with van der Waals surface area (Å²) in [4.78, 5) is 26.4. The van der Waals surface area contributed by atoms with Gasteiger partial charge in [-0.3, -0.25) is 14.5 Å². The van der Waals surface area contributed by atoms with E-state index in [0.717, 1.165) is 31.1 Å². The highest BCUT2D eigenvalue weighted by atomic mass is 32.2. The van der Waals surface area contributed by atoms with E-state index in [1.54, 1.807) is 4.90 Å². The largest absolute Gasteiger partial charge is 0.481 e. The number of carboxylic acids is 1. The maximum absolute atomic E-state index is 11.6. The van der Waals surface area contributed by atoms with Gasteiger partial charge in [0.15, 0.2) is 0 Å². The van der Waals surface area contributed by atoms with Crippen molar-refractivity contribution in [1.29, 1.82) is 0 Å². The molecule has 2 rings (SSSR count). The number of thioether (sulfide) groups is 1. The Hall–Kier alpha value is -0.750. The summed E-state index contributed by atoms with van der Waals surface area (Å²) in [5, 5.41) is 8.87. The van der Waals surface area contributed by atoms with E-state index in [4.69, 9.17) is 5.11 Å². The van der Waals surface area contributed by atoms with E-state index in [1.807, 2.05) is 11.8 Å². The summed E-state index contributed by atoms with van der Waals surface area (Å²) in [7, 11) is 0. The number of carboxylic acid groups (broad SMARTS) is 1. The molecule has 2 fully saturated rings. The first kappa shape index (κ1) is 12.7. The molecule has 96 valence electrons. The Morgan fingerprint density at radius 3 is 2.65 bits per heavy atom. The van der Waals surface area contributed by atoms with Crippen LogP contribution in [0.3, 0.4) is 0 Å². The van der Waals surface area contributed by atoms with Gasteiger partial charge in [0.1, 0.15) is 0 Å². The third kappa shape index (κ3) is 3.35. The molecule has 0 saturated carbocycles. The van der Waals surface area contributed by atoms with Crippen molar-refractivity contribution in [2.45, 2.75) is 6.42 Å². The predicted molar refractivity (Wildman–Crippen MR) is 66.1 cm³/mol. The number of aliphatic carboxylic acids is 1. The molecule has 1 atom stereocenters. The Morgan fingerprint density at radius 2 is 2.06 bits per heavy atom. The molecule has 0 aromatic rings. The predicted octanol–water partition coefficient (Wildman–Crippen LogP) is -0.0317. The molecule has 0 bridgehead atoms. The molecule has 5 nitrogen and oxygen atoms in total. The van der Waals surface area contributed by atoms with Gasteiger partial charge in [-0.25, -0.2) is 0 Å². The summed E-state index contributed by atoms with van der Waals surface area (Å²) < 4.78 is 0. The summed E-state index contributed by atoms with van der Waals surface area (Å²) >= 11 is 1.96. The van der Waals surface area contributed by atoms with Crippen LogP contribution in [0.5, 0.6) is 0 Å². The summed E-state index contributed by atoms with van der Waals surface area (Å²) in [6.07, 6.45) is 0.172. The van der Waals surface area contributed by atoms with E-state index in [-0.39, 0.29) is 12.3 Å². The van der Waals surface area contributed by atoms with Crippen LogP contribution in [0.25, 0.3) is 0 Å². The van der Waals surface area contributed by atoms with E-state index in [9.17, 15) is 9.59 Å². The van der Waals surface area contributed by atoms with Crippen LogP contribution in [0.15, 0.2) is 0 Å². The Bertz CT molecular complexity index is 305. The van der Waals surface area contributed by atoms with Crippen LogP contribution in [-0.2, 0) is 9.59 Å². The first-order chi connectivity index (χ1) is 8.16. The lowest BCUT2D eigenvalue weighted by Gasteiger charge is -2.28. The first-order valence-corrected chi connectivity index (χ1v) is 7.13. The average Bonchev–Trinajstić information content (AvgIpc) is 2.70. The summed E-state index contributed by atoms with van der Waals surface area (Å²) in [6.45, 7) is 4.09. The van der Waals surface area contributed by atoms with Crippen LogP contribution < -0.4 is 0 Å². The van der Waals surface area contributed by atoms with Crippen molar-refractivity contribution in [3.05, 3.63) is 0 Å². The van der Waals surface area contributed by atoms with Gasteiger partial charge in [-0.1, -0.05) is 0 Å². The second-order valence-corrected chi connectivity index (χ2v) is 5.76. The number of carbonyl (C=O) groups excluding carboxylic acids is 1. The fourth-order valence-electron chi connectivity index (χ4n) is 2.24. The molecule has 6 heteroatoms. The number of amides is 1. The number of hydrogen-bond donors (Lipinski definition) is 1. The zero-order valence-electron chi connectivity index (χ0n) is 9.80. The van der Waals surface area contributed by atoms with Gasteiger partial charge in [0.05, 0.1) is 5.92 Å². The lowest BCUT2D eigenvalue weighted by molar-refractivity contribution is -0.141. The zero-order chi connectivity index (χ0) is 12.3. The maximum Gasteiger partial charge on any atom is 0.308 e. The molecule has 0 aromatic heterocycles. The van der Waals surface area contributed by atoms with Gasteiger partial charge >= 0.3 is 5.97 Å². The second-order valence-electron chi connectivity index (χ2n) is 4.53. The highest BCUT2D eigenvalue weighted by Crippen LogP contribution is 2.18. The van der Waals surface area contributed by atoms with Crippen molar-refractivity contribution in [2.24, 2.45) is 5.92 Å². The fourth-order valence-corrected chi connectivity index (χ4v) is 3.22. The monoisotopic (exact) mass is 258 g/mol. The summed E-state index contributed by atoms with van der Waals surface area (Å²) in [5.74, 6) is 0.954. The summed E-state index contributed by atoms with van der Waals surface area (Å²) in [6, 6.07) is 0. The normalized spacial score (nSPS) is 26.5. The van der Waals surface area contributed by atoms with Crippen LogP contribution in [-0.4, -0.2) is 71.0 Å². The third-order valence-corrected chi connectivity index (χ3v) is 4.30. The molecule has 0 spiro atoms. The minimum absolute atomic E-state index is 0.0104. The average molecular weight is 258 g/mol. The lowest BCUT2D eigenvalue weighted by atomic mass is 10.1. The van der Waals surface area contributed by atoms with Crippen LogP contribution >= 0.6 is 11.8 Å². The smallest absolute Gasteiger partial charge is 0.308 e. The molecule has 2 heterocycles. The Kier molecular flexibility index (Phi) is 4.28. The number of nitrogens with zero attached hydrogens (tertiary/aromatic N) is 2. The van der Waals surface area contributed by atoms with Crippen molar-refractivity contribution in [3.8, 4) is 0 Å². The molecular weight excluding hydrogens is 240 g/mol. The molecule has 1 unspecified atom stereocenters. The molecule has 1 amide bonds. The highest BCUT2D eigenvalue weighted by molar-refractivity contribution is 7.99. The summed E-state index contributed by atoms with van der Waals surface area (Å²) in [5.41, 5.74) is 0. The van der Waals surface area contributed by atoms with E-state index < -0.39 is 11.9 Å². The topological polar surface area (TPSA) is 60.9 Å². The van der Waals surface area contributed by atoms with Crippen LogP contribution in [0.2, 0.25) is 0 Å². The van der Waals surface area contributed by atoms with Crippen LogP contribution in [0, 0.1) is 5.92 Å². The Labute approximate surface area is 105 Å². The molecule has 2 aliphatic heterocycles. The highest BCUT2D eigenvalue weighted by Gasteiger charge is 2.34. The van der Waals surface area contributed by atoms with Crippen molar-refractivity contribution in [3.63, 3.8) is 0 Å². The minimum atomic E-state index is -0.852. The van der Waals surface area contributed by atoms with E-state index in [2.05, 4.69) is 4.90 Å². The van der Waals surface area contributed by atoms with E-state index >= 15 is 0 Å². The molecule has 0 aliphatic carbocycles. The van der Waals surface area contributed by atoms with Crippen molar-refractivity contribution >= 4 is 23.6 Å². The van der Waals surface area contributed by atoms with Gasteiger partial charge in [-0.05, 0) is 0 Å². The molecule has 2 saturated heterocycles. The standard InChI is InChI=1S/C11H18N2O3S/c14-10-7-9(11(15)16)8-13(10)2-1-12-3-5-17-6-4-12/h9H,1-8H2,(H,15,16). The van der Waals surface area contributed by atoms with E-state index in [1.165, 1.54) is 0 Å². The molecular formula is C11H18N2O3S. The molecule has 0 aromatic carbocycles. The quantitative estimate of drug-likeness (QED) is 0.767. The van der Waals surface area contributed by atoms with Gasteiger partial charge in [-0.2, -0.15) is 11.8 Å². The molecule has 17 heavy (non-hydrogen) atoms. The van der Waals surface area contributed by atoms with Gasteiger partial charge in [0, 0.05) is 50.7 Å². The third-order valence-electron chi connectivity index (χ3n) is 3.35. The fraction of sp³-hybridized carbons (Fsp3) is 0.818. The number of carbonyl (C=O) groups is 2.